The lowest BCUT2D eigenvalue weighted by molar-refractivity contribution is 0.119. The maximum atomic E-state index is 5.37. The van der Waals surface area contributed by atoms with Crippen LogP contribution in [0, 0.1) is 5.41 Å². The van der Waals surface area contributed by atoms with Crippen molar-refractivity contribution in [3.05, 3.63) is 16.1 Å². The quantitative estimate of drug-likeness (QED) is 0.481. The van der Waals surface area contributed by atoms with Gasteiger partial charge >= 0.3 is 0 Å². The third kappa shape index (κ3) is 6.43. The maximum absolute atomic E-state index is 5.37. The normalized spacial score (nSPS) is 17.9. The monoisotopic (exact) mass is 396 g/mol. The largest absolute Gasteiger partial charge is 0.385 e. The molecule has 27 heavy (non-hydrogen) atoms. The predicted octanol–water partition coefficient (Wildman–Crippen LogP) is 3.84. The first-order chi connectivity index (χ1) is 13.0. The molecule has 0 amide bonds. The van der Waals surface area contributed by atoms with Crippen LogP contribution in [0.2, 0.25) is 0 Å². The molecule has 1 saturated carbocycles. The fourth-order valence-electron chi connectivity index (χ4n) is 3.64. The molecule has 0 spiro atoms. The van der Waals surface area contributed by atoms with Crippen LogP contribution in [0.5, 0.6) is 0 Å². The van der Waals surface area contributed by atoms with Crippen molar-refractivity contribution in [2.75, 3.05) is 41.0 Å². The molecular weight excluding hydrogens is 360 g/mol. The van der Waals surface area contributed by atoms with Gasteiger partial charge in [-0.25, -0.2) is 4.98 Å². The van der Waals surface area contributed by atoms with E-state index >= 15 is 0 Å². The highest BCUT2D eigenvalue weighted by Gasteiger charge is 2.33. The Kier molecular flexibility index (Phi) is 8.99. The third-order valence-electron chi connectivity index (χ3n) is 5.43. The lowest BCUT2D eigenvalue weighted by Crippen LogP contribution is -2.39. The van der Waals surface area contributed by atoms with Crippen LogP contribution in [0.25, 0.3) is 0 Å². The number of aromatic nitrogens is 1. The van der Waals surface area contributed by atoms with E-state index in [0.29, 0.717) is 5.41 Å². The molecule has 2 rings (SSSR count). The summed E-state index contributed by atoms with van der Waals surface area (Å²) in [6.07, 6.45) is 6.27. The van der Waals surface area contributed by atoms with Gasteiger partial charge in [0.25, 0.3) is 0 Å². The zero-order chi connectivity index (χ0) is 19.7. The molecule has 1 aromatic heterocycles. The molecule has 0 saturated heterocycles. The summed E-state index contributed by atoms with van der Waals surface area (Å²) < 4.78 is 10.7. The number of hydrogen-bond acceptors (Lipinski definition) is 5. The van der Waals surface area contributed by atoms with Crippen LogP contribution in [0.3, 0.4) is 0 Å². The maximum Gasteiger partial charge on any atom is 0.194 e. The first-order valence-electron chi connectivity index (χ1n) is 9.99. The van der Waals surface area contributed by atoms with Crippen molar-refractivity contribution in [3.63, 3.8) is 0 Å². The Morgan fingerprint density at radius 1 is 1.41 bits per heavy atom. The summed E-state index contributed by atoms with van der Waals surface area (Å²) in [4.78, 5) is 11.9. The van der Waals surface area contributed by atoms with Crippen LogP contribution in [0.4, 0.5) is 0 Å². The van der Waals surface area contributed by atoms with E-state index in [1.54, 1.807) is 25.6 Å². The highest BCUT2D eigenvalue weighted by Crippen LogP contribution is 2.41. The Bertz CT molecular complexity index is 584. The number of ether oxygens (including phenoxy) is 2. The van der Waals surface area contributed by atoms with Gasteiger partial charge in [-0.05, 0) is 38.5 Å². The smallest absolute Gasteiger partial charge is 0.194 e. The van der Waals surface area contributed by atoms with E-state index in [1.807, 2.05) is 6.92 Å². The lowest BCUT2D eigenvalue weighted by atomic mass is 9.83. The lowest BCUT2D eigenvalue weighted by Gasteiger charge is -2.28. The van der Waals surface area contributed by atoms with Gasteiger partial charge in [0, 0.05) is 46.3 Å². The molecule has 154 valence electrons. The summed E-state index contributed by atoms with van der Waals surface area (Å²) in [6.45, 7) is 7.42. The highest BCUT2D eigenvalue weighted by atomic mass is 32.1. The highest BCUT2D eigenvalue weighted by molar-refractivity contribution is 7.09. The van der Waals surface area contributed by atoms with Gasteiger partial charge in [0.15, 0.2) is 5.96 Å². The molecule has 1 heterocycles. The minimum atomic E-state index is 0.0407. The van der Waals surface area contributed by atoms with Gasteiger partial charge in [0.2, 0.25) is 0 Å². The van der Waals surface area contributed by atoms with E-state index in [9.17, 15) is 0 Å². The number of nitrogens with zero attached hydrogens (tertiary/aromatic N) is 3. The second-order valence-corrected chi connectivity index (χ2v) is 8.42. The molecule has 1 aromatic rings. The van der Waals surface area contributed by atoms with Crippen LogP contribution >= 0.6 is 11.3 Å². The fourth-order valence-corrected chi connectivity index (χ4v) is 4.49. The predicted molar refractivity (Wildman–Crippen MR) is 112 cm³/mol. The third-order valence-corrected chi connectivity index (χ3v) is 6.49. The molecule has 6 nitrogen and oxygen atoms in total. The molecular formula is C20H36N4O2S. The standard InChI is InChI=1S/C20H36N4O2S/c1-6-21-19(22-15-20(11-12-25-4)9-7-8-10-20)24(3)13-17-14-27-18(23-17)16(2)26-5/h14,16H,6-13,15H2,1-5H3,(H,21,22). The van der Waals surface area contributed by atoms with Crippen molar-refractivity contribution in [1.82, 2.24) is 15.2 Å². The topological polar surface area (TPSA) is 59.0 Å². The van der Waals surface area contributed by atoms with Crippen molar-refractivity contribution in [3.8, 4) is 0 Å². The van der Waals surface area contributed by atoms with E-state index in [4.69, 9.17) is 19.5 Å². The number of nitrogens with one attached hydrogen (secondary N) is 1. The van der Waals surface area contributed by atoms with E-state index in [0.717, 1.165) is 49.3 Å². The Hall–Kier alpha value is -1.18. The van der Waals surface area contributed by atoms with E-state index in [1.165, 1.54) is 25.7 Å². The van der Waals surface area contributed by atoms with Gasteiger partial charge in [-0.2, -0.15) is 0 Å². The molecule has 1 unspecified atom stereocenters. The summed E-state index contributed by atoms with van der Waals surface area (Å²) in [5.41, 5.74) is 1.36. The summed E-state index contributed by atoms with van der Waals surface area (Å²) in [5.74, 6) is 0.954. The molecule has 1 aliphatic carbocycles. The Labute approximate surface area is 168 Å². The molecule has 0 aliphatic heterocycles. The van der Waals surface area contributed by atoms with Crippen LogP contribution in [0.15, 0.2) is 10.4 Å². The average Bonchev–Trinajstić information content (AvgIpc) is 3.33. The molecule has 0 bridgehead atoms. The summed E-state index contributed by atoms with van der Waals surface area (Å²) in [5, 5.41) is 6.57. The van der Waals surface area contributed by atoms with Gasteiger partial charge in [-0.1, -0.05) is 12.8 Å². The fraction of sp³-hybridized carbons (Fsp3) is 0.800. The van der Waals surface area contributed by atoms with E-state index in [-0.39, 0.29) is 6.10 Å². The van der Waals surface area contributed by atoms with Crippen molar-refractivity contribution in [2.45, 2.75) is 58.6 Å². The first kappa shape index (κ1) is 22.1. The van der Waals surface area contributed by atoms with Crippen molar-refractivity contribution < 1.29 is 9.47 Å². The zero-order valence-corrected chi connectivity index (χ0v) is 18.4. The van der Waals surface area contributed by atoms with Crippen molar-refractivity contribution >= 4 is 17.3 Å². The number of guanidine groups is 1. The van der Waals surface area contributed by atoms with Crippen molar-refractivity contribution in [2.24, 2.45) is 10.4 Å². The second kappa shape index (κ2) is 11.0. The minimum absolute atomic E-state index is 0.0407. The SMILES string of the molecule is CCNC(=NCC1(CCOC)CCCC1)N(C)Cc1csc(C(C)OC)n1. The molecule has 0 radical (unpaired) electrons. The Morgan fingerprint density at radius 3 is 2.78 bits per heavy atom. The summed E-state index contributed by atoms with van der Waals surface area (Å²) in [6, 6.07) is 0. The second-order valence-electron chi connectivity index (χ2n) is 7.53. The molecule has 1 fully saturated rings. The summed E-state index contributed by atoms with van der Waals surface area (Å²) >= 11 is 1.65. The molecule has 0 aromatic carbocycles. The van der Waals surface area contributed by atoms with Gasteiger partial charge in [-0.3, -0.25) is 4.99 Å². The zero-order valence-electron chi connectivity index (χ0n) is 17.6. The minimum Gasteiger partial charge on any atom is -0.385 e. The molecule has 1 N–H and O–H groups in total. The molecule has 1 atom stereocenters. The van der Waals surface area contributed by atoms with Crippen LogP contribution in [-0.2, 0) is 16.0 Å². The summed E-state index contributed by atoms with van der Waals surface area (Å²) in [7, 11) is 5.59. The van der Waals surface area contributed by atoms with Gasteiger partial charge in [0.05, 0.1) is 12.2 Å². The first-order valence-corrected chi connectivity index (χ1v) is 10.9. The van der Waals surface area contributed by atoms with Gasteiger partial charge in [-0.15, -0.1) is 11.3 Å². The van der Waals surface area contributed by atoms with Crippen LogP contribution in [0.1, 0.15) is 62.8 Å². The van der Waals surface area contributed by atoms with Crippen LogP contribution < -0.4 is 5.32 Å². The average molecular weight is 397 g/mol. The van der Waals surface area contributed by atoms with Gasteiger partial charge < -0.3 is 19.7 Å². The van der Waals surface area contributed by atoms with Crippen molar-refractivity contribution in [1.29, 1.82) is 0 Å². The number of methoxy groups -OCH3 is 2. The van der Waals surface area contributed by atoms with Gasteiger partial charge in [0.1, 0.15) is 11.1 Å². The Morgan fingerprint density at radius 2 is 2.15 bits per heavy atom. The van der Waals surface area contributed by atoms with Crippen LogP contribution in [-0.4, -0.2) is 56.8 Å². The Balaban J connectivity index is 2.03. The number of hydrogen-bond donors (Lipinski definition) is 1. The molecule has 7 heteroatoms. The number of aliphatic imine (C=N–C) groups is 1. The molecule has 1 aliphatic rings. The number of thiazole rings is 1. The van der Waals surface area contributed by atoms with E-state index in [2.05, 4.69) is 29.6 Å². The van der Waals surface area contributed by atoms with E-state index < -0.39 is 0 Å². The number of rotatable bonds is 10.